The predicted octanol–water partition coefficient (Wildman–Crippen LogP) is 2.29. The van der Waals surface area contributed by atoms with E-state index in [2.05, 4.69) is 41.8 Å². The molecule has 0 radical (unpaired) electrons. The van der Waals surface area contributed by atoms with Gasteiger partial charge in [0.05, 0.1) is 5.69 Å². The van der Waals surface area contributed by atoms with Crippen molar-refractivity contribution in [2.45, 2.75) is 33.6 Å². The Morgan fingerprint density at radius 1 is 1.17 bits per heavy atom. The molecule has 1 aliphatic rings. The smallest absolute Gasteiger partial charge is 0.267 e. The van der Waals surface area contributed by atoms with Gasteiger partial charge in [0.2, 0.25) is 0 Å². The van der Waals surface area contributed by atoms with Crippen molar-refractivity contribution in [2.75, 3.05) is 12.0 Å². The summed E-state index contributed by atoms with van der Waals surface area (Å²) in [6, 6.07) is 4.19. The Kier molecular flexibility index (Phi) is 3.65. The van der Waals surface area contributed by atoms with Gasteiger partial charge in [-0.15, -0.1) is 0 Å². The first-order chi connectivity index (χ1) is 8.58. The quantitative estimate of drug-likeness (QED) is 0.785. The molecule has 1 saturated heterocycles. The van der Waals surface area contributed by atoms with Crippen LogP contribution < -0.4 is 10.7 Å². The molecular formula is C14H19N3O. The van der Waals surface area contributed by atoms with Crippen molar-refractivity contribution in [1.29, 1.82) is 0 Å². The first-order valence-corrected chi connectivity index (χ1v) is 6.26. The normalized spacial score (nSPS) is 17.7. The van der Waals surface area contributed by atoms with E-state index in [4.69, 9.17) is 0 Å². The van der Waals surface area contributed by atoms with Gasteiger partial charge in [0.15, 0.2) is 0 Å². The molecule has 96 valence electrons. The van der Waals surface area contributed by atoms with E-state index >= 15 is 0 Å². The van der Waals surface area contributed by atoms with Crippen molar-refractivity contribution < 1.29 is 4.79 Å². The fourth-order valence-electron chi connectivity index (χ4n) is 1.99. The van der Waals surface area contributed by atoms with E-state index < -0.39 is 0 Å². The lowest BCUT2D eigenvalue weighted by atomic mass is 10.1. The van der Waals surface area contributed by atoms with E-state index in [-0.39, 0.29) is 5.91 Å². The van der Waals surface area contributed by atoms with Crippen LogP contribution in [-0.2, 0) is 4.79 Å². The van der Waals surface area contributed by atoms with Crippen LogP contribution >= 0.6 is 0 Å². The average molecular weight is 245 g/mol. The third-order valence-corrected chi connectivity index (χ3v) is 3.29. The van der Waals surface area contributed by atoms with Gasteiger partial charge in [-0.05, 0) is 56.4 Å². The van der Waals surface area contributed by atoms with Gasteiger partial charge < -0.3 is 5.32 Å². The second-order valence-corrected chi connectivity index (χ2v) is 4.78. The molecule has 0 atom stereocenters. The van der Waals surface area contributed by atoms with Crippen molar-refractivity contribution in [2.24, 2.45) is 5.10 Å². The molecule has 0 spiro atoms. The van der Waals surface area contributed by atoms with Crippen LogP contribution in [0.4, 0.5) is 5.69 Å². The van der Waals surface area contributed by atoms with Crippen LogP contribution in [0.2, 0.25) is 0 Å². The lowest BCUT2D eigenvalue weighted by molar-refractivity contribution is -0.115. The van der Waals surface area contributed by atoms with Gasteiger partial charge in [-0.25, -0.2) is 0 Å². The molecule has 18 heavy (non-hydrogen) atoms. The summed E-state index contributed by atoms with van der Waals surface area (Å²) in [5.74, 6) is -0.0600. The number of piperidine rings is 1. The van der Waals surface area contributed by atoms with E-state index in [1.54, 1.807) is 0 Å². The summed E-state index contributed by atoms with van der Waals surface area (Å²) < 4.78 is 0. The molecule has 0 bridgehead atoms. The lowest BCUT2D eigenvalue weighted by Crippen LogP contribution is -2.37. The van der Waals surface area contributed by atoms with Crippen molar-refractivity contribution in [3.05, 3.63) is 28.8 Å². The number of hydrogen-bond donors (Lipinski definition) is 2. The lowest BCUT2D eigenvalue weighted by Gasteiger charge is -2.14. The van der Waals surface area contributed by atoms with Gasteiger partial charge in [0.1, 0.15) is 5.71 Å². The van der Waals surface area contributed by atoms with Crippen molar-refractivity contribution in [3.63, 3.8) is 0 Å². The highest BCUT2D eigenvalue weighted by atomic mass is 16.2. The molecule has 1 fully saturated rings. The van der Waals surface area contributed by atoms with Gasteiger partial charge in [0, 0.05) is 6.54 Å². The standard InChI is InChI=1S/C14H19N3O/c1-9-7-11(3)13(8-10(9)2)17-16-12-5-4-6-15-14(12)18/h7-8,17H,4-6H2,1-3H3,(H,15,18). The summed E-state index contributed by atoms with van der Waals surface area (Å²) in [6.07, 6.45) is 1.70. The monoisotopic (exact) mass is 245 g/mol. The largest absolute Gasteiger partial charge is 0.351 e. The van der Waals surface area contributed by atoms with E-state index in [1.165, 1.54) is 11.1 Å². The summed E-state index contributed by atoms with van der Waals surface area (Å²) in [5, 5.41) is 7.01. The average Bonchev–Trinajstić information content (AvgIpc) is 2.34. The Morgan fingerprint density at radius 3 is 2.61 bits per heavy atom. The van der Waals surface area contributed by atoms with Gasteiger partial charge in [-0.1, -0.05) is 6.07 Å². The second-order valence-electron chi connectivity index (χ2n) is 4.78. The molecule has 2 N–H and O–H groups in total. The second kappa shape index (κ2) is 5.21. The van der Waals surface area contributed by atoms with Crippen LogP contribution in [0.5, 0.6) is 0 Å². The number of carbonyl (C=O) groups excluding carboxylic acids is 1. The summed E-state index contributed by atoms with van der Waals surface area (Å²) in [6.45, 7) is 6.95. The van der Waals surface area contributed by atoms with Gasteiger partial charge in [-0.3, -0.25) is 10.2 Å². The van der Waals surface area contributed by atoms with Crippen LogP contribution in [0.25, 0.3) is 0 Å². The van der Waals surface area contributed by atoms with Crippen LogP contribution in [-0.4, -0.2) is 18.2 Å². The number of anilines is 1. The van der Waals surface area contributed by atoms with E-state index in [9.17, 15) is 4.79 Å². The zero-order valence-corrected chi connectivity index (χ0v) is 11.1. The van der Waals surface area contributed by atoms with Crippen molar-refractivity contribution in [1.82, 2.24) is 5.32 Å². The van der Waals surface area contributed by atoms with Gasteiger partial charge in [0.25, 0.3) is 5.91 Å². The summed E-state index contributed by atoms with van der Waals surface area (Å²) >= 11 is 0. The highest BCUT2D eigenvalue weighted by Crippen LogP contribution is 2.20. The number of aryl methyl sites for hydroxylation is 3. The molecule has 0 unspecified atom stereocenters. The van der Waals surface area contributed by atoms with E-state index in [0.717, 1.165) is 30.6 Å². The molecule has 1 aliphatic heterocycles. The highest BCUT2D eigenvalue weighted by Gasteiger charge is 2.15. The van der Waals surface area contributed by atoms with Crippen LogP contribution in [0.1, 0.15) is 29.5 Å². The Bertz CT molecular complexity index is 506. The number of hydrazone groups is 1. The maximum Gasteiger partial charge on any atom is 0.267 e. The zero-order chi connectivity index (χ0) is 13.1. The molecule has 0 aliphatic carbocycles. The molecule has 0 saturated carbocycles. The Hall–Kier alpha value is -1.84. The van der Waals surface area contributed by atoms with Crippen LogP contribution in [0.3, 0.4) is 0 Å². The topological polar surface area (TPSA) is 53.5 Å². The molecule has 1 aromatic rings. The fourth-order valence-corrected chi connectivity index (χ4v) is 1.99. The number of benzene rings is 1. The summed E-state index contributed by atoms with van der Waals surface area (Å²) in [5.41, 5.74) is 8.17. The molecule has 1 aromatic carbocycles. The molecular weight excluding hydrogens is 226 g/mol. The minimum Gasteiger partial charge on any atom is -0.351 e. The van der Waals surface area contributed by atoms with E-state index in [1.807, 2.05) is 6.92 Å². The summed E-state index contributed by atoms with van der Waals surface area (Å²) in [7, 11) is 0. The molecule has 2 rings (SSSR count). The summed E-state index contributed by atoms with van der Waals surface area (Å²) in [4.78, 5) is 11.5. The number of rotatable bonds is 2. The molecule has 4 heteroatoms. The minimum absolute atomic E-state index is 0.0600. The Balaban J connectivity index is 2.17. The predicted molar refractivity (Wildman–Crippen MR) is 74.0 cm³/mol. The molecule has 0 aromatic heterocycles. The first kappa shape index (κ1) is 12.6. The van der Waals surface area contributed by atoms with Crippen LogP contribution in [0.15, 0.2) is 17.2 Å². The van der Waals surface area contributed by atoms with Gasteiger partial charge in [-0.2, -0.15) is 5.10 Å². The number of amides is 1. The van der Waals surface area contributed by atoms with Gasteiger partial charge >= 0.3 is 0 Å². The minimum atomic E-state index is -0.0600. The third-order valence-electron chi connectivity index (χ3n) is 3.29. The number of carbonyl (C=O) groups is 1. The van der Waals surface area contributed by atoms with E-state index in [0.29, 0.717) is 5.71 Å². The fraction of sp³-hybridized carbons (Fsp3) is 0.429. The Labute approximate surface area is 107 Å². The SMILES string of the molecule is Cc1cc(C)c(NN=C2CCCNC2=O)cc1C. The third kappa shape index (κ3) is 2.70. The maximum absolute atomic E-state index is 11.5. The van der Waals surface area contributed by atoms with Crippen molar-refractivity contribution in [3.8, 4) is 0 Å². The van der Waals surface area contributed by atoms with Crippen molar-refractivity contribution >= 4 is 17.3 Å². The number of nitrogens with one attached hydrogen (secondary N) is 2. The Morgan fingerprint density at radius 2 is 1.89 bits per heavy atom. The maximum atomic E-state index is 11.5. The number of hydrogen-bond acceptors (Lipinski definition) is 3. The zero-order valence-electron chi connectivity index (χ0n) is 11.1. The highest BCUT2D eigenvalue weighted by molar-refractivity contribution is 6.39. The number of nitrogens with zero attached hydrogens (tertiary/aromatic N) is 1. The molecule has 4 nitrogen and oxygen atoms in total. The molecule has 1 amide bonds. The molecule has 1 heterocycles. The first-order valence-electron chi connectivity index (χ1n) is 6.26. The van der Waals surface area contributed by atoms with Crippen LogP contribution in [0, 0.1) is 20.8 Å².